The van der Waals surface area contributed by atoms with E-state index in [1.54, 1.807) is 0 Å². The third-order valence-electron chi connectivity index (χ3n) is 3.41. The Morgan fingerprint density at radius 3 is 2.53 bits per heavy atom. The number of rotatable bonds is 1. The van der Waals surface area contributed by atoms with Crippen molar-refractivity contribution in [2.45, 2.75) is 12.5 Å². The monoisotopic (exact) mass is 228 g/mol. The van der Waals surface area contributed by atoms with Crippen LogP contribution in [-0.2, 0) is 0 Å². The molecule has 0 bridgehead atoms. The van der Waals surface area contributed by atoms with Crippen LogP contribution >= 0.6 is 0 Å². The molecule has 2 aromatic rings. The third kappa shape index (κ3) is 1.83. The molecule has 0 saturated carbocycles. The Bertz CT molecular complexity index is 553. The van der Waals surface area contributed by atoms with Gasteiger partial charge in [0.25, 0.3) is 0 Å². The summed E-state index contributed by atoms with van der Waals surface area (Å²) in [6.45, 7) is 1.75. The summed E-state index contributed by atoms with van der Waals surface area (Å²) >= 11 is 0. The van der Waals surface area contributed by atoms with Gasteiger partial charge in [-0.25, -0.2) is 0 Å². The summed E-state index contributed by atoms with van der Waals surface area (Å²) in [5.41, 5.74) is 6.80. The van der Waals surface area contributed by atoms with Crippen molar-refractivity contribution < 1.29 is 5.11 Å². The van der Waals surface area contributed by atoms with Crippen LogP contribution in [0.2, 0.25) is 0 Å². The second-order valence-electron chi connectivity index (χ2n) is 4.68. The molecule has 0 radical (unpaired) electrons. The van der Waals surface area contributed by atoms with Gasteiger partial charge >= 0.3 is 0 Å². The van der Waals surface area contributed by atoms with Crippen molar-refractivity contribution in [2.75, 3.05) is 18.0 Å². The summed E-state index contributed by atoms with van der Waals surface area (Å²) in [5.74, 6) is 0.345. The Morgan fingerprint density at radius 2 is 1.88 bits per heavy atom. The van der Waals surface area contributed by atoms with E-state index in [-0.39, 0.29) is 6.04 Å². The number of benzene rings is 2. The van der Waals surface area contributed by atoms with E-state index in [0.717, 1.165) is 36.0 Å². The van der Waals surface area contributed by atoms with Gasteiger partial charge < -0.3 is 15.7 Å². The fraction of sp³-hybridized carbons (Fsp3) is 0.286. The predicted octanol–water partition coefficient (Wildman–Crippen LogP) is 2.08. The number of fused-ring (bicyclic) bond motifs is 1. The Morgan fingerprint density at radius 1 is 1.18 bits per heavy atom. The molecule has 1 aliphatic heterocycles. The van der Waals surface area contributed by atoms with Gasteiger partial charge in [-0.2, -0.15) is 0 Å². The first kappa shape index (κ1) is 10.4. The van der Waals surface area contributed by atoms with Crippen LogP contribution in [-0.4, -0.2) is 24.2 Å². The number of phenolic OH excluding ortho intramolecular Hbond substituents is 1. The molecule has 0 amide bonds. The molecular weight excluding hydrogens is 212 g/mol. The van der Waals surface area contributed by atoms with Crippen LogP contribution in [0.3, 0.4) is 0 Å². The summed E-state index contributed by atoms with van der Waals surface area (Å²) in [7, 11) is 0. The molecule has 3 N–H and O–H groups in total. The molecule has 17 heavy (non-hydrogen) atoms. The minimum absolute atomic E-state index is 0.223. The Balaban J connectivity index is 2.07. The summed E-state index contributed by atoms with van der Waals surface area (Å²) in [6, 6.07) is 12.2. The second-order valence-corrected chi connectivity index (χ2v) is 4.68. The van der Waals surface area contributed by atoms with Crippen LogP contribution in [0.1, 0.15) is 6.42 Å². The van der Waals surface area contributed by atoms with Gasteiger partial charge in [-0.15, -0.1) is 0 Å². The van der Waals surface area contributed by atoms with Crippen LogP contribution in [0, 0.1) is 0 Å². The summed E-state index contributed by atoms with van der Waals surface area (Å²) in [5, 5.41) is 12.3. The average molecular weight is 228 g/mol. The molecule has 1 heterocycles. The lowest BCUT2D eigenvalue weighted by molar-refractivity contribution is 0.475. The predicted molar refractivity (Wildman–Crippen MR) is 70.4 cm³/mol. The maximum absolute atomic E-state index is 10.1. The van der Waals surface area contributed by atoms with Crippen molar-refractivity contribution in [3.63, 3.8) is 0 Å². The summed E-state index contributed by atoms with van der Waals surface area (Å²) < 4.78 is 0. The summed E-state index contributed by atoms with van der Waals surface area (Å²) in [6.07, 6.45) is 0.992. The van der Waals surface area contributed by atoms with E-state index in [1.165, 1.54) is 0 Å². The number of nitrogens with two attached hydrogens (primary N) is 1. The first-order chi connectivity index (χ1) is 8.24. The van der Waals surface area contributed by atoms with Crippen molar-refractivity contribution in [3.8, 4) is 5.75 Å². The fourth-order valence-electron chi connectivity index (χ4n) is 2.48. The molecular formula is C14H16N2O. The molecule has 88 valence electrons. The highest BCUT2D eigenvalue weighted by atomic mass is 16.3. The highest BCUT2D eigenvalue weighted by Gasteiger charge is 2.21. The lowest BCUT2D eigenvalue weighted by Crippen LogP contribution is -2.26. The van der Waals surface area contributed by atoms with Gasteiger partial charge in [0.1, 0.15) is 5.75 Å². The van der Waals surface area contributed by atoms with Crippen molar-refractivity contribution in [1.29, 1.82) is 0 Å². The first-order valence-corrected chi connectivity index (χ1v) is 5.96. The number of phenols is 1. The minimum Gasteiger partial charge on any atom is -0.506 e. The van der Waals surface area contributed by atoms with Gasteiger partial charge in [-0.3, -0.25) is 0 Å². The van der Waals surface area contributed by atoms with Crippen LogP contribution in [0.25, 0.3) is 10.8 Å². The zero-order valence-electron chi connectivity index (χ0n) is 9.63. The first-order valence-electron chi connectivity index (χ1n) is 5.96. The highest BCUT2D eigenvalue weighted by Crippen LogP contribution is 2.33. The average Bonchev–Trinajstić information content (AvgIpc) is 2.75. The van der Waals surface area contributed by atoms with Gasteiger partial charge in [0, 0.05) is 19.1 Å². The molecule has 0 unspecified atom stereocenters. The van der Waals surface area contributed by atoms with Gasteiger partial charge in [-0.1, -0.05) is 24.3 Å². The van der Waals surface area contributed by atoms with Crippen molar-refractivity contribution in [1.82, 2.24) is 0 Å². The van der Waals surface area contributed by atoms with Crippen molar-refractivity contribution in [2.24, 2.45) is 5.73 Å². The fourth-order valence-corrected chi connectivity index (χ4v) is 2.48. The summed E-state index contributed by atoms with van der Waals surface area (Å²) in [4.78, 5) is 2.16. The topological polar surface area (TPSA) is 49.5 Å². The van der Waals surface area contributed by atoms with E-state index in [1.807, 2.05) is 30.3 Å². The SMILES string of the molecule is N[C@@H]1CCN(c2cc3ccccc3cc2O)C1. The molecule has 0 aliphatic carbocycles. The minimum atomic E-state index is 0.223. The maximum atomic E-state index is 10.1. The van der Waals surface area contributed by atoms with E-state index in [4.69, 9.17) is 5.73 Å². The molecule has 1 aliphatic rings. The molecule has 2 aromatic carbocycles. The lowest BCUT2D eigenvalue weighted by atomic mass is 10.1. The smallest absolute Gasteiger partial charge is 0.139 e. The van der Waals surface area contributed by atoms with E-state index >= 15 is 0 Å². The van der Waals surface area contributed by atoms with Gasteiger partial charge in [0.05, 0.1) is 5.69 Å². The van der Waals surface area contributed by atoms with Crippen molar-refractivity contribution >= 4 is 16.5 Å². The Labute approximate surface area is 100 Å². The molecule has 1 saturated heterocycles. The van der Waals surface area contributed by atoms with Crippen LogP contribution in [0.5, 0.6) is 5.75 Å². The molecule has 0 aromatic heterocycles. The number of hydrogen-bond acceptors (Lipinski definition) is 3. The van der Waals surface area contributed by atoms with Gasteiger partial charge in [0.2, 0.25) is 0 Å². The Hall–Kier alpha value is -1.74. The molecule has 0 spiro atoms. The van der Waals surface area contributed by atoms with E-state index in [2.05, 4.69) is 11.0 Å². The number of nitrogens with zero attached hydrogens (tertiary/aromatic N) is 1. The molecule has 3 rings (SSSR count). The Kier molecular flexibility index (Phi) is 2.41. The molecule has 3 nitrogen and oxygen atoms in total. The standard InChI is InChI=1S/C14H16N2O/c15-12-5-6-16(9-12)13-7-10-3-1-2-4-11(10)8-14(13)17/h1-4,7-8,12,17H,5-6,9,15H2/t12-/m1/s1. The van der Waals surface area contributed by atoms with E-state index in [0.29, 0.717) is 5.75 Å². The lowest BCUT2D eigenvalue weighted by Gasteiger charge is -2.20. The molecule has 3 heteroatoms. The quantitative estimate of drug-likeness (QED) is 0.785. The van der Waals surface area contributed by atoms with Gasteiger partial charge in [-0.05, 0) is 29.3 Å². The molecule has 1 fully saturated rings. The van der Waals surface area contributed by atoms with E-state index in [9.17, 15) is 5.11 Å². The van der Waals surface area contributed by atoms with Crippen molar-refractivity contribution in [3.05, 3.63) is 36.4 Å². The van der Waals surface area contributed by atoms with Crippen LogP contribution in [0.4, 0.5) is 5.69 Å². The maximum Gasteiger partial charge on any atom is 0.139 e. The zero-order chi connectivity index (χ0) is 11.8. The number of anilines is 1. The van der Waals surface area contributed by atoms with E-state index < -0.39 is 0 Å². The molecule has 1 atom stereocenters. The number of hydrogen-bond donors (Lipinski definition) is 2. The van der Waals surface area contributed by atoms with Crippen LogP contribution in [0.15, 0.2) is 36.4 Å². The van der Waals surface area contributed by atoms with Crippen LogP contribution < -0.4 is 10.6 Å². The highest BCUT2D eigenvalue weighted by molar-refractivity contribution is 5.88. The third-order valence-corrected chi connectivity index (χ3v) is 3.41. The number of aromatic hydroxyl groups is 1. The normalized spacial score (nSPS) is 20.1. The largest absolute Gasteiger partial charge is 0.506 e. The zero-order valence-corrected chi connectivity index (χ0v) is 9.63. The van der Waals surface area contributed by atoms with Gasteiger partial charge in [0.15, 0.2) is 0 Å². The second kappa shape index (κ2) is 3.93.